The van der Waals surface area contributed by atoms with Crippen molar-refractivity contribution in [2.75, 3.05) is 11.9 Å². The van der Waals surface area contributed by atoms with Gasteiger partial charge in [-0.05, 0) is 30.7 Å². The number of Topliss-reactive ketones (excluding diaryl/α,β-unsaturated/α-hetero) is 1. The van der Waals surface area contributed by atoms with E-state index in [4.69, 9.17) is 0 Å². The summed E-state index contributed by atoms with van der Waals surface area (Å²) in [5.41, 5.74) is 0.674. The molecule has 2 heterocycles. The molecule has 1 atom stereocenters. The number of amides is 1. The number of benzene rings is 1. The van der Waals surface area contributed by atoms with Gasteiger partial charge in [-0.25, -0.2) is 4.39 Å². The minimum Gasteiger partial charge on any atom is -0.353 e. The fraction of sp³-hybridized carbons (Fsp3) is 0.222. The van der Waals surface area contributed by atoms with Crippen LogP contribution >= 0.6 is 0 Å². The highest BCUT2D eigenvalue weighted by Crippen LogP contribution is 2.14. The normalized spacial score (nSPS) is 16.8. The Morgan fingerprint density at radius 3 is 2.69 bits per heavy atom. The van der Waals surface area contributed by atoms with Gasteiger partial charge in [-0.3, -0.25) is 23.9 Å². The summed E-state index contributed by atoms with van der Waals surface area (Å²) in [6, 6.07) is 7.52. The smallest absolute Gasteiger partial charge is 0.302 e. The molecule has 2 aromatic rings. The van der Waals surface area contributed by atoms with Gasteiger partial charge in [0.1, 0.15) is 11.6 Å². The van der Waals surface area contributed by atoms with Gasteiger partial charge in [0.2, 0.25) is 0 Å². The number of carbonyl (C=O) groups is 3. The van der Waals surface area contributed by atoms with E-state index in [0.29, 0.717) is 23.3 Å². The van der Waals surface area contributed by atoms with Gasteiger partial charge in [-0.1, -0.05) is 12.1 Å². The summed E-state index contributed by atoms with van der Waals surface area (Å²) in [5, 5.41) is 6.00. The molecule has 7 nitrogen and oxygen atoms in total. The van der Waals surface area contributed by atoms with E-state index in [1.165, 1.54) is 30.5 Å². The van der Waals surface area contributed by atoms with Crippen LogP contribution in [0.25, 0.3) is 0 Å². The van der Waals surface area contributed by atoms with Gasteiger partial charge < -0.3 is 10.6 Å². The molecule has 0 bridgehead atoms. The van der Waals surface area contributed by atoms with Crippen LogP contribution in [0, 0.1) is 5.82 Å². The average molecular weight is 356 g/mol. The van der Waals surface area contributed by atoms with Crippen LogP contribution in [0.4, 0.5) is 10.2 Å². The van der Waals surface area contributed by atoms with Gasteiger partial charge in [0.25, 0.3) is 11.7 Å². The summed E-state index contributed by atoms with van der Waals surface area (Å²) >= 11 is 0. The van der Waals surface area contributed by atoms with Gasteiger partial charge in [0, 0.05) is 25.4 Å². The van der Waals surface area contributed by atoms with Crippen molar-refractivity contribution in [1.82, 2.24) is 9.88 Å². The highest BCUT2D eigenvalue weighted by molar-refractivity contribution is 6.45. The first kappa shape index (κ1) is 17.5. The molecule has 8 heteroatoms. The molecule has 1 aromatic heterocycles. The minimum atomic E-state index is -1.32. The molecular weight excluding hydrogens is 339 g/mol. The van der Waals surface area contributed by atoms with Crippen molar-refractivity contribution in [3.63, 3.8) is 0 Å². The lowest BCUT2D eigenvalue weighted by atomic mass is 10.1. The van der Waals surface area contributed by atoms with Gasteiger partial charge >= 0.3 is 5.91 Å². The van der Waals surface area contributed by atoms with E-state index >= 15 is 0 Å². The molecule has 2 N–H and O–H groups in total. The van der Waals surface area contributed by atoms with Gasteiger partial charge in [-0.15, -0.1) is 0 Å². The Balaban J connectivity index is 1.77. The second-order valence-corrected chi connectivity index (χ2v) is 5.71. The lowest BCUT2D eigenvalue weighted by molar-refractivity contribution is -0.128. The number of fused-ring (bicyclic) bond motifs is 1. The first-order valence-electron chi connectivity index (χ1n) is 8.10. The van der Waals surface area contributed by atoms with Crippen molar-refractivity contribution in [3.05, 3.63) is 59.3 Å². The number of halogens is 1. The van der Waals surface area contributed by atoms with Crippen LogP contribution in [0.1, 0.15) is 17.3 Å². The lowest BCUT2D eigenvalue weighted by Gasteiger charge is -2.25. The quantitative estimate of drug-likeness (QED) is 0.628. The van der Waals surface area contributed by atoms with Crippen LogP contribution in [-0.4, -0.2) is 34.8 Å². The summed E-state index contributed by atoms with van der Waals surface area (Å²) < 4.78 is 14.1. The Kier molecular flexibility index (Phi) is 4.92. The zero-order valence-electron chi connectivity index (χ0n) is 14.0. The predicted molar refractivity (Wildman–Crippen MR) is 91.8 cm³/mol. The number of anilines is 1. The fourth-order valence-electron chi connectivity index (χ4n) is 2.59. The summed E-state index contributed by atoms with van der Waals surface area (Å²) in [6.45, 7) is 2.56. The number of rotatable bonds is 4. The third kappa shape index (κ3) is 3.53. The Morgan fingerprint density at radius 1 is 1.27 bits per heavy atom. The van der Waals surface area contributed by atoms with Gasteiger partial charge in [-0.2, -0.15) is 0 Å². The summed E-state index contributed by atoms with van der Waals surface area (Å²) in [6.07, 6.45) is 1.45. The zero-order chi connectivity index (χ0) is 18.7. The van der Waals surface area contributed by atoms with Crippen molar-refractivity contribution in [2.24, 2.45) is 4.99 Å². The molecule has 0 saturated carbocycles. The van der Waals surface area contributed by atoms with Crippen molar-refractivity contribution >= 4 is 23.4 Å². The van der Waals surface area contributed by atoms with Crippen LogP contribution in [0.2, 0.25) is 0 Å². The average Bonchev–Trinajstić information content (AvgIpc) is 2.64. The number of hydrogen-bond acceptors (Lipinski definition) is 5. The molecule has 3 rings (SSSR count). The van der Waals surface area contributed by atoms with Crippen molar-refractivity contribution in [2.45, 2.75) is 19.5 Å². The number of nitrogens with zero attached hydrogens (tertiary/aromatic N) is 2. The van der Waals surface area contributed by atoms with E-state index in [9.17, 15) is 18.8 Å². The van der Waals surface area contributed by atoms with Crippen LogP contribution in [0.5, 0.6) is 0 Å². The van der Waals surface area contributed by atoms with Gasteiger partial charge in [0.05, 0.1) is 5.36 Å². The molecule has 1 aliphatic rings. The minimum absolute atomic E-state index is 0.115. The Hall–Kier alpha value is -3.29. The van der Waals surface area contributed by atoms with E-state index in [-0.39, 0.29) is 12.4 Å². The molecular formula is C18H17FN4O3. The van der Waals surface area contributed by atoms with Crippen molar-refractivity contribution in [3.8, 4) is 0 Å². The van der Waals surface area contributed by atoms with Crippen LogP contribution < -0.4 is 16.0 Å². The molecule has 1 aliphatic heterocycles. The number of aromatic nitrogens is 1. The molecule has 0 saturated heterocycles. The van der Waals surface area contributed by atoms with Crippen LogP contribution in [0.15, 0.2) is 47.6 Å². The molecule has 0 aliphatic carbocycles. The second-order valence-electron chi connectivity index (χ2n) is 5.71. The van der Waals surface area contributed by atoms with E-state index in [2.05, 4.69) is 15.6 Å². The number of hydrogen-bond donors (Lipinski definition) is 2. The molecule has 1 aromatic carbocycles. The molecule has 1 amide bonds. The number of ketones is 1. The maximum Gasteiger partial charge on any atom is 0.302 e. The maximum atomic E-state index is 12.9. The topological polar surface area (TPSA) is 92.6 Å². The van der Waals surface area contributed by atoms with Crippen LogP contribution in [0.3, 0.4) is 0 Å². The highest BCUT2D eigenvalue weighted by Gasteiger charge is 2.37. The first-order valence-corrected chi connectivity index (χ1v) is 8.10. The molecule has 0 spiro atoms. The first-order chi connectivity index (χ1) is 12.5. The third-order valence-corrected chi connectivity index (χ3v) is 3.91. The van der Waals surface area contributed by atoms with E-state index in [1.54, 1.807) is 12.1 Å². The Morgan fingerprint density at radius 2 is 2.00 bits per heavy atom. The van der Waals surface area contributed by atoms with Gasteiger partial charge in [0.15, 0.2) is 6.04 Å². The summed E-state index contributed by atoms with van der Waals surface area (Å²) in [5.74, 6) is -2.32. The number of nitrogens with one attached hydrogen (secondary N) is 2. The maximum absolute atomic E-state index is 12.9. The fourth-order valence-corrected chi connectivity index (χ4v) is 2.59. The predicted octanol–water partition coefficient (Wildman–Crippen LogP) is 0.868. The van der Waals surface area contributed by atoms with Crippen LogP contribution in [-0.2, 0) is 16.1 Å². The second kappa shape index (κ2) is 7.30. The van der Waals surface area contributed by atoms with E-state index in [0.717, 1.165) is 4.57 Å². The number of carbonyl (C=O) groups excluding carboxylic acids is 3. The Bertz CT molecular complexity index is 934. The number of pyridine rings is 1. The summed E-state index contributed by atoms with van der Waals surface area (Å²) in [4.78, 5) is 41.1. The molecule has 0 radical (unpaired) electrons. The Labute approximate surface area is 148 Å². The van der Waals surface area contributed by atoms with E-state index in [1.807, 2.05) is 6.92 Å². The van der Waals surface area contributed by atoms with Crippen molar-refractivity contribution in [1.29, 1.82) is 0 Å². The SMILES string of the molecule is CCN=c1ccn2c(c1)NC(C(=O)NCc1ccc(F)cc1)C(=O)C2=O. The van der Waals surface area contributed by atoms with E-state index < -0.39 is 23.6 Å². The third-order valence-electron chi connectivity index (χ3n) is 3.91. The largest absolute Gasteiger partial charge is 0.353 e. The highest BCUT2D eigenvalue weighted by atomic mass is 19.1. The standard InChI is InChI=1S/C18H17FN4O3/c1-2-20-13-7-8-23-14(9-13)22-15(16(24)18(23)26)17(25)21-10-11-3-5-12(19)6-4-11/h3-9,15,22H,2,10H2,1H3,(H,21,25). The lowest BCUT2D eigenvalue weighted by Crippen LogP contribution is -2.52. The monoisotopic (exact) mass is 356 g/mol. The molecule has 0 fully saturated rings. The molecule has 134 valence electrons. The summed E-state index contributed by atoms with van der Waals surface area (Å²) in [7, 11) is 0. The van der Waals surface area contributed by atoms with Crippen molar-refractivity contribution < 1.29 is 18.8 Å². The molecule has 1 unspecified atom stereocenters. The molecule has 26 heavy (non-hydrogen) atoms. The zero-order valence-corrected chi connectivity index (χ0v) is 14.0.